The van der Waals surface area contributed by atoms with Gasteiger partial charge in [0.15, 0.2) is 0 Å². The highest BCUT2D eigenvalue weighted by Gasteiger charge is 1.91. The molecule has 66 valence electrons. The van der Waals surface area contributed by atoms with Crippen molar-refractivity contribution in [3.63, 3.8) is 0 Å². The maximum Gasteiger partial charge on any atom is 0.107 e. The SMILES string of the molecule is CSc1ccc(NCCF)cc1. The summed E-state index contributed by atoms with van der Waals surface area (Å²) >= 11 is 1.70. The Kier molecular flexibility index (Phi) is 3.94. The van der Waals surface area contributed by atoms with E-state index >= 15 is 0 Å². The van der Waals surface area contributed by atoms with E-state index in [0.717, 1.165) is 5.69 Å². The predicted octanol–water partition coefficient (Wildman–Crippen LogP) is 2.79. The van der Waals surface area contributed by atoms with Crippen molar-refractivity contribution in [2.24, 2.45) is 0 Å². The largest absolute Gasteiger partial charge is 0.382 e. The Labute approximate surface area is 76.4 Å². The molecule has 0 unspecified atom stereocenters. The van der Waals surface area contributed by atoms with Crippen molar-refractivity contribution in [1.82, 2.24) is 0 Å². The summed E-state index contributed by atoms with van der Waals surface area (Å²) < 4.78 is 11.8. The zero-order chi connectivity index (χ0) is 8.81. The third-order valence-electron chi connectivity index (χ3n) is 1.51. The number of alkyl halides is 1. The van der Waals surface area contributed by atoms with Crippen LogP contribution in [-0.2, 0) is 0 Å². The Bertz CT molecular complexity index is 222. The molecule has 0 radical (unpaired) electrons. The zero-order valence-electron chi connectivity index (χ0n) is 7.01. The molecule has 0 amide bonds. The lowest BCUT2D eigenvalue weighted by Crippen LogP contribution is -2.02. The van der Waals surface area contributed by atoms with Crippen molar-refractivity contribution < 1.29 is 4.39 Å². The fourth-order valence-electron chi connectivity index (χ4n) is 0.900. The van der Waals surface area contributed by atoms with Crippen molar-refractivity contribution in [2.75, 3.05) is 24.8 Å². The first-order valence-corrected chi connectivity index (χ1v) is 5.03. The molecule has 0 bridgehead atoms. The van der Waals surface area contributed by atoms with Gasteiger partial charge in [-0.2, -0.15) is 0 Å². The second-order valence-electron chi connectivity index (χ2n) is 2.34. The molecule has 0 saturated carbocycles. The lowest BCUT2D eigenvalue weighted by molar-refractivity contribution is 0.513. The van der Waals surface area contributed by atoms with Crippen molar-refractivity contribution in [1.29, 1.82) is 0 Å². The van der Waals surface area contributed by atoms with Crippen molar-refractivity contribution in [3.05, 3.63) is 24.3 Å². The van der Waals surface area contributed by atoms with Gasteiger partial charge in [-0.3, -0.25) is 0 Å². The molecule has 12 heavy (non-hydrogen) atoms. The Morgan fingerprint density at radius 2 is 2.00 bits per heavy atom. The fourth-order valence-corrected chi connectivity index (χ4v) is 1.31. The first-order valence-electron chi connectivity index (χ1n) is 3.80. The van der Waals surface area contributed by atoms with E-state index < -0.39 is 0 Å². The first kappa shape index (κ1) is 9.39. The lowest BCUT2D eigenvalue weighted by Gasteiger charge is -2.03. The maximum absolute atomic E-state index is 11.8. The van der Waals surface area contributed by atoms with Crippen LogP contribution in [0.15, 0.2) is 29.2 Å². The summed E-state index contributed by atoms with van der Waals surface area (Å²) in [6, 6.07) is 7.96. The van der Waals surface area contributed by atoms with Gasteiger partial charge >= 0.3 is 0 Å². The molecule has 1 rings (SSSR count). The van der Waals surface area contributed by atoms with Gasteiger partial charge in [-0.1, -0.05) is 0 Å². The molecule has 0 atom stereocenters. The van der Waals surface area contributed by atoms with Gasteiger partial charge in [-0.15, -0.1) is 11.8 Å². The van der Waals surface area contributed by atoms with Crippen LogP contribution in [0.25, 0.3) is 0 Å². The molecule has 0 heterocycles. The van der Waals surface area contributed by atoms with E-state index in [0.29, 0.717) is 6.54 Å². The van der Waals surface area contributed by atoms with E-state index in [1.807, 2.05) is 30.5 Å². The average molecular weight is 185 g/mol. The van der Waals surface area contributed by atoms with Crippen molar-refractivity contribution >= 4 is 17.4 Å². The predicted molar refractivity (Wildman–Crippen MR) is 52.7 cm³/mol. The van der Waals surface area contributed by atoms with Crippen LogP contribution in [0, 0.1) is 0 Å². The van der Waals surface area contributed by atoms with E-state index in [1.54, 1.807) is 11.8 Å². The minimum atomic E-state index is -0.329. The van der Waals surface area contributed by atoms with E-state index in [2.05, 4.69) is 5.32 Å². The van der Waals surface area contributed by atoms with E-state index in [4.69, 9.17) is 0 Å². The van der Waals surface area contributed by atoms with Crippen LogP contribution < -0.4 is 5.32 Å². The monoisotopic (exact) mass is 185 g/mol. The van der Waals surface area contributed by atoms with Gasteiger partial charge in [0.25, 0.3) is 0 Å². The molecule has 0 aliphatic carbocycles. The van der Waals surface area contributed by atoms with Gasteiger partial charge in [-0.25, -0.2) is 4.39 Å². The van der Waals surface area contributed by atoms with Gasteiger partial charge in [0.2, 0.25) is 0 Å². The normalized spacial score (nSPS) is 9.83. The number of nitrogens with one attached hydrogen (secondary N) is 1. The summed E-state index contributed by atoms with van der Waals surface area (Å²) in [5.74, 6) is 0. The number of hydrogen-bond acceptors (Lipinski definition) is 2. The molecule has 0 saturated heterocycles. The smallest absolute Gasteiger partial charge is 0.107 e. The second kappa shape index (κ2) is 5.04. The Hall–Kier alpha value is -0.700. The van der Waals surface area contributed by atoms with Crippen molar-refractivity contribution in [2.45, 2.75) is 4.90 Å². The summed E-state index contributed by atoms with van der Waals surface area (Å²) in [5.41, 5.74) is 0.977. The number of benzene rings is 1. The highest BCUT2D eigenvalue weighted by Crippen LogP contribution is 2.16. The van der Waals surface area contributed by atoms with Gasteiger partial charge in [0, 0.05) is 17.1 Å². The number of rotatable bonds is 4. The van der Waals surface area contributed by atoms with E-state index in [9.17, 15) is 4.39 Å². The lowest BCUT2D eigenvalue weighted by atomic mass is 10.3. The molecule has 1 nitrogen and oxygen atoms in total. The van der Waals surface area contributed by atoms with E-state index in [1.165, 1.54) is 4.90 Å². The second-order valence-corrected chi connectivity index (χ2v) is 3.22. The quantitative estimate of drug-likeness (QED) is 0.724. The van der Waals surface area contributed by atoms with Gasteiger partial charge in [0.1, 0.15) is 6.67 Å². The summed E-state index contributed by atoms with van der Waals surface area (Å²) in [6.45, 7) is 0.0584. The van der Waals surface area contributed by atoms with Crippen molar-refractivity contribution in [3.8, 4) is 0 Å². The average Bonchev–Trinajstić information content (AvgIpc) is 2.15. The highest BCUT2D eigenvalue weighted by atomic mass is 32.2. The van der Waals surface area contributed by atoms with Crippen LogP contribution in [0.2, 0.25) is 0 Å². The summed E-state index contributed by atoms with van der Waals surface area (Å²) in [6.07, 6.45) is 2.03. The number of halogens is 1. The molecular formula is C9H12FNS. The summed E-state index contributed by atoms with van der Waals surface area (Å²) in [4.78, 5) is 1.22. The number of hydrogen-bond donors (Lipinski definition) is 1. The van der Waals surface area contributed by atoms with Crippen LogP contribution >= 0.6 is 11.8 Å². The maximum atomic E-state index is 11.8. The standard InChI is InChI=1S/C9H12FNS/c1-12-9-4-2-8(3-5-9)11-7-6-10/h2-5,11H,6-7H2,1H3. The first-order chi connectivity index (χ1) is 5.86. The third kappa shape index (κ3) is 2.74. The third-order valence-corrected chi connectivity index (χ3v) is 2.26. The summed E-state index contributed by atoms with van der Waals surface area (Å²) in [7, 11) is 0. The molecule has 0 aliphatic rings. The molecule has 0 aliphatic heterocycles. The van der Waals surface area contributed by atoms with Gasteiger partial charge in [-0.05, 0) is 30.5 Å². The van der Waals surface area contributed by atoms with Crippen LogP contribution in [0.5, 0.6) is 0 Å². The number of anilines is 1. The minimum absolute atomic E-state index is 0.329. The Morgan fingerprint density at radius 1 is 1.33 bits per heavy atom. The molecule has 0 spiro atoms. The molecule has 1 aromatic carbocycles. The summed E-state index contributed by atoms with van der Waals surface area (Å²) in [5, 5.41) is 2.96. The van der Waals surface area contributed by atoms with Crippen LogP contribution in [-0.4, -0.2) is 19.5 Å². The molecule has 0 aromatic heterocycles. The van der Waals surface area contributed by atoms with Crippen LogP contribution in [0.1, 0.15) is 0 Å². The zero-order valence-corrected chi connectivity index (χ0v) is 7.83. The van der Waals surface area contributed by atoms with Gasteiger partial charge < -0.3 is 5.32 Å². The van der Waals surface area contributed by atoms with Gasteiger partial charge in [0.05, 0.1) is 0 Å². The van der Waals surface area contributed by atoms with Crippen LogP contribution in [0.4, 0.5) is 10.1 Å². The van der Waals surface area contributed by atoms with Crippen LogP contribution in [0.3, 0.4) is 0 Å². The molecule has 3 heteroatoms. The van der Waals surface area contributed by atoms with E-state index in [-0.39, 0.29) is 6.67 Å². The Balaban J connectivity index is 2.53. The molecular weight excluding hydrogens is 173 g/mol. The number of thioether (sulfide) groups is 1. The fraction of sp³-hybridized carbons (Fsp3) is 0.333. The minimum Gasteiger partial charge on any atom is -0.382 e. The topological polar surface area (TPSA) is 12.0 Å². The Morgan fingerprint density at radius 3 is 2.50 bits per heavy atom. The molecule has 0 fully saturated rings. The molecule has 1 aromatic rings. The highest BCUT2D eigenvalue weighted by molar-refractivity contribution is 7.98. The molecule has 1 N–H and O–H groups in total.